The molecule has 0 radical (unpaired) electrons. The van der Waals surface area contributed by atoms with Crippen LogP contribution in [0.2, 0.25) is 0 Å². The fraction of sp³-hybridized carbons (Fsp3) is 0.235. The molecule has 0 aliphatic carbocycles. The molecule has 3 aromatic rings. The number of nitrogens with one attached hydrogen (secondary N) is 1. The van der Waals surface area contributed by atoms with Gasteiger partial charge in [-0.3, -0.25) is 4.79 Å². The second-order valence-electron chi connectivity index (χ2n) is 5.36. The summed E-state index contributed by atoms with van der Waals surface area (Å²) in [6.45, 7) is 3.71. The van der Waals surface area contributed by atoms with Crippen LogP contribution in [0.1, 0.15) is 16.0 Å². The number of hydrogen-bond donors (Lipinski definition) is 1. The molecule has 24 heavy (non-hydrogen) atoms. The van der Waals surface area contributed by atoms with Gasteiger partial charge in [-0.1, -0.05) is 0 Å². The number of ether oxygens (including phenoxy) is 1. The highest BCUT2D eigenvalue weighted by atomic mass is 32.1. The molecular weight excluding hydrogens is 328 g/mol. The number of methoxy groups -OCH3 is 1. The van der Waals surface area contributed by atoms with Gasteiger partial charge in [-0.15, -0.1) is 11.3 Å². The first-order valence-electron chi connectivity index (χ1n) is 7.30. The largest absolute Gasteiger partial charge is 0.497 e. The minimum atomic E-state index is -0.515. The second-order valence-corrected chi connectivity index (χ2v) is 6.59. The average molecular weight is 344 g/mol. The molecular formula is C17H16N2O4S. The molecule has 0 spiro atoms. The molecule has 0 atom stereocenters. The molecule has 1 amide bonds. The molecule has 0 aliphatic rings. The first kappa shape index (κ1) is 16.2. The Morgan fingerprint density at radius 3 is 2.83 bits per heavy atom. The van der Waals surface area contributed by atoms with E-state index in [0.29, 0.717) is 22.0 Å². The molecule has 0 saturated carbocycles. The zero-order chi connectivity index (χ0) is 17.3. The number of carbonyl (C=O) groups excluding carboxylic acids is 1. The predicted molar refractivity (Wildman–Crippen MR) is 93.0 cm³/mol. The summed E-state index contributed by atoms with van der Waals surface area (Å²) in [7, 11) is 1.55. The minimum absolute atomic E-state index is 0.0608. The van der Waals surface area contributed by atoms with E-state index in [4.69, 9.17) is 9.15 Å². The molecule has 2 heterocycles. The summed E-state index contributed by atoms with van der Waals surface area (Å²) in [5.74, 6) is 0.308. The molecule has 0 bridgehead atoms. The summed E-state index contributed by atoms with van der Waals surface area (Å²) in [6.07, 6.45) is 1.62. The maximum atomic E-state index is 12.2. The van der Waals surface area contributed by atoms with E-state index in [2.05, 4.69) is 10.3 Å². The van der Waals surface area contributed by atoms with E-state index < -0.39 is 5.63 Å². The number of rotatable bonds is 4. The standard InChI is InChI=1S/C17H16N2O4S/c1-9-8-18-17(24-9)19-15(20)7-13-10(2)12-5-4-11(22-3)6-14(12)23-16(13)21/h4-6,8H,7H2,1-3H3,(H,18,19,20). The summed E-state index contributed by atoms with van der Waals surface area (Å²) >= 11 is 1.38. The fourth-order valence-corrected chi connectivity index (χ4v) is 3.12. The van der Waals surface area contributed by atoms with E-state index in [1.165, 1.54) is 11.3 Å². The Morgan fingerprint density at radius 1 is 1.38 bits per heavy atom. The number of anilines is 1. The van der Waals surface area contributed by atoms with Crippen LogP contribution in [-0.4, -0.2) is 18.0 Å². The Hall–Kier alpha value is -2.67. The van der Waals surface area contributed by atoms with Crippen molar-refractivity contribution in [2.24, 2.45) is 0 Å². The molecule has 1 aromatic carbocycles. The number of hydrogen-bond acceptors (Lipinski definition) is 6. The number of benzene rings is 1. The molecule has 7 heteroatoms. The third-order valence-electron chi connectivity index (χ3n) is 3.70. The van der Waals surface area contributed by atoms with Crippen LogP contribution in [-0.2, 0) is 11.2 Å². The molecule has 0 unspecified atom stereocenters. The zero-order valence-electron chi connectivity index (χ0n) is 13.5. The average Bonchev–Trinajstić information content (AvgIpc) is 2.95. The van der Waals surface area contributed by atoms with Gasteiger partial charge in [0.15, 0.2) is 5.13 Å². The second kappa shape index (κ2) is 6.45. The number of amides is 1. The van der Waals surface area contributed by atoms with Crippen LogP contribution in [0.15, 0.2) is 33.6 Å². The predicted octanol–water partition coefficient (Wildman–Crippen LogP) is 3.06. The highest BCUT2D eigenvalue weighted by Crippen LogP contribution is 2.24. The minimum Gasteiger partial charge on any atom is -0.497 e. The van der Waals surface area contributed by atoms with Gasteiger partial charge in [-0.05, 0) is 31.5 Å². The number of fused-ring (bicyclic) bond motifs is 1. The van der Waals surface area contributed by atoms with Crippen molar-refractivity contribution in [3.05, 3.63) is 50.8 Å². The number of aromatic nitrogens is 1. The van der Waals surface area contributed by atoms with E-state index in [0.717, 1.165) is 15.8 Å². The first-order valence-corrected chi connectivity index (χ1v) is 8.12. The van der Waals surface area contributed by atoms with Crippen LogP contribution >= 0.6 is 11.3 Å². The Bertz CT molecular complexity index is 974. The summed E-state index contributed by atoms with van der Waals surface area (Å²) in [6, 6.07) is 5.27. The lowest BCUT2D eigenvalue weighted by Gasteiger charge is -2.08. The van der Waals surface area contributed by atoms with Gasteiger partial charge in [-0.2, -0.15) is 0 Å². The van der Waals surface area contributed by atoms with Crippen molar-refractivity contribution < 1.29 is 13.9 Å². The van der Waals surface area contributed by atoms with Gasteiger partial charge in [0.1, 0.15) is 11.3 Å². The smallest absolute Gasteiger partial charge is 0.340 e. The number of nitrogens with zero attached hydrogens (tertiary/aromatic N) is 1. The molecule has 124 valence electrons. The molecule has 0 fully saturated rings. The molecule has 3 rings (SSSR count). The van der Waals surface area contributed by atoms with E-state index >= 15 is 0 Å². The summed E-state index contributed by atoms with van der Waals surface area (Å²) in [5.41, 5.74) is 1.00. The van der Waals surface area contributed by atoms with E-state index in [1.54, 1.807) is 25.4 Å². The van der Waals surface area contributed by atoms with Gasteiger partial charge in [0, 0.05) is 22.5 Å². The topological polar surface area (TPSA) is 81.4 Å². The third-order valence-corrected chi connectivity index (χ3v) is 4.53. The van der Waals surface area contributed by atoms with Crippen molar-refractivity contribution in [2.45, 2.75) is 20.3 Å². The monoisotopic (exact) mass is 344 g/mol. The van der Waals surface area contributed by atoms with Crippen molar-refractivity contribution in [1.82, 2.24) is 4.98 Å². The van der Waals surface area contributed by atoms with Gasteiger partial charge < -0.3 is 14.5 Å². The first-order chi connectivity index (χ1) is 11.5. The summed E-state index contributed by atoms with van der Waals surface area (Å²) in [5, 5.41) is 4.00. The maximum absolute atomic E-state index is 12.2. The highest BCUT2D eigenvalue weighted by Gasteiger charge is 2.16. The molecule has 2 aromatic heterocycles. The van der Waals surface area contributed by atoms with Gasteiger partial charge >= 0.3 is 5.63 Å². The lowest BCUT2D eigenvalue weighted by Crippen LogP contribution is -2.20. The number of thiazole rings is 1. The van der Waals surface area contributed by atoms with E-state index in [1.807, 2.05) is 19.9 Å². The quantitative estimate of drug-likeness (QED) is 0.736. The van der Waals surface area contributed by atoms with Crippen molar-refractivity contribution in [2.75, 3.05) is 12.4 Å². The van der Waals surface area contributed by atoms with Crippen LogP contribution in [0, 0.1) is 13.8 Å². The molecule has 0 saturated heterocycles. The van der Waals surface area contributed by atoms with Crippen molar-refractivity contribution in [3.63, 3.8) is 0 Å². The highest BCUT2D eigenvalue weighted by molar-refractivity contribution is 7.15. The van der Waals surface area contributed by atoms with Crippen molar-refractivity contribution in [1.29, 1.82) is 0 Å². The normalized spacial score (nSPS) is 10.8. The molecule has 1 N–H and O–H groups in total. The van der Waals surface area contributed by atoms with Crippen LogP contribution in [0.4, 0.5) is 5.13 Å². The van der Waals surface area contributed by atoms with E-state index in [-0.39, 0.29) is 12.3 Å². The lowest BCUT2D eigenvalue weighted by molar-refractivity contribution is -0.115. The summed E-state index contributed by atoms with van der Waals surface area (Å²) in [4.78, 5) is 29.5. The summed E-state index contributed by atoms with van der Waals surface area (Å²) < 4.78 is 10.5. The van der Waals surface area contributed by atoms with Gasteiger partial charge in [0.05, 0.1) is 19.1 Å². The zero-order valence-corrected chi connectivity index (χ0v) is 14.3. The van der Waals surface area contributed by atoms with Crippen LogP contribution in [0.25, 0.3) is 11.0 Å². The number of aryl methyl sites for hydroxylation is 2. The van der Waals surface area contributed by atoms with Crippen LogP contribution in [0.3, 0.4) is 0 Å². The van der Waals surface area contributed by atoms with Gasteiger partial charge in [-0.25, -0.2) is 9.78 Å². The van der Waals surface area contributed by atoms with Crippen molar-refractivity contribution >= 4 is 33.3 Å². The lowest BCUT2D eigenvalue weighted by atomic mass is 10.0. The number of carbonyl (C=O) groups is 1. The molecule has 0 aliphatic heterocycles. The third kappa shape index (κ3) is 3.16. The van der Waals surface area contributed by atoms with Crippen LogP contribution in [0.5, 0.6) is 5.75 Å². The van der Waals surface area contributed by atoms with Gasteiger partial charge in [0.2, 0.25) is 5.91 Å². The Labute approximate surface area is 142 Å². The van der Waals surface area contributed by atoms with Crippen molar-refractivity contribution in [3.8, 4) is 5.75 Å². The maximum Gasteiger partial charge on any atom is 0.340 e. The Morgan fingerprint density at radius 2 is 2.17 bits per heavy atom. The Kier molecular flexibility index (Phi) is 4.35. The van der Waals surface area contributed by atoms with E-state index in [9.17, 15) is 9.59 Å². The Balaban J connectivity index is 1.91. The van der Waals surface area contributed by atoms with Crippen LogP contribution < -0.4 is 15.7 Å². The SMILES string of the molecule is COc1ccc2c(C)c(CC(=O)Nc3ncc(C)s3)c(=O)oc2c1. The fourth-order valence-electron chi connectivity index (χ4n) is 2.44. The van der Waals surface area contributed by atoms with Gasteiger partial charge in [0.25, 0.3) is 0 Å². The molecule has 6 nitrogen and oxygen atoms in total.